The first-order chi connectivity index (χ1) is 6.62. The van der Waals surface area contributed by atoms with Gasteiger partial charge in [0.25, 0.3) is 0 Å². The summed E-state index contributed by atoms with van der Waals surface area (Å²) in [4.78, 5) is 2.19. The van der Waals surface area contributed by atoms with Crippen molar-refractivity contribution in [1.82, 2.24) is 4.98 Å². The van der Waals surface area contributed by atoms with Crippen LogP contribution in [0.1, 0.15) is 11.4 Å². The minimum Gasteiger partial charge on any atom is -0.236 e. The lowest BCUT2D eigenvalue weighted by atomic mass is 10.2. The molecule has 0 N–H and O–H groups in total. The quantitative estimate of drug-likeness (QED) is 0.626. The van der Waals surface area contributed by atoms with Crippen molar-refractivity contribution in [3.05, 3.63) is 29.3 Å². The van der Waals surface area contributed by atoms with E-state index in [1.807, 2.05) is 0 Å². The Morgan fingerprint density at radius 1 is 0.867 bits per heavy atom. The molecule has 0 bridgehead atoms. The van der Waals surface area contributed by atoms with Gasteiger partial charge in [-0.25, -0.2) is 9.37 Å². The van der Waals surface area contributed by atoms with Gasteiger partial charge in [-0.05, 0) is 12.1 Å². The van der Waals surface area contributed by atoms with Gasteiger partial charge in [-0.15, -0.1) is 0 Å². The lowest BCUT2D eigenvalue weighted by Gasteiger charge is -2.10. The third-order valence-electron chi connectivity index (χ3n) is 1.40. The second-order valence-electron chi connectivity index (χ2n) is 2.52. The Hall–Kier alpha value is -1.34. The fourth-order valence-corrected chi connectivity index (χ4v) is 0.799. The third-order valence-corrected chi connectivity index (χ3v) is 1.40. The molecule has 84 valence electrons. The van der Waals surface area contributed by atoms with Crippen LogP contribution in [0, 0.1) is 5.82 Å². The average molecular weight is 233 g/mol. The maximum atomic E-state index is 12.5. The molecule has 0 aromatic carbocycles. The van der Waals surface area contributed by atoms with Crippen molar-refractivity contribution in [2.75, 3.05) is 0 Å². The molecule has 0 radical (unpaired) electrons. The van der Waals surface area contributed by atoms with Gasteiger partial charge in [0.2, 0.25) is 0 Å². The normalized spacial score (nSPS) is 13.0. The molecule has 8 heteroatoms. The van der Waals surface area contributed by atoms with E-state index in [0.29, 0.717) is 0 Å². The predicted molar refractivity (Wildman–Crippen MR) is 34.2 cm³/mol. The molecule has 0 atom stereocenters. The molecule has 1 nitrogen and oxygen atoms in total. The summed E-state index contributed by atoms with van der Waals surface area (Å²) in [5, 5.41) is 0. The fourth-order valence-electron chi connectivity index (χ4n) is 0.799. The van der Waals surface area contributed by atoms with Crippen molar-refractivity contribution >= 4 is 0 Å². The van der Waals surface area contributed by atoms with Crippen LogP contribution in [0.15, 0.2) is 12.1 Å². The zero-order valence-corrected chi connectivity index (χ0v) is 6.75. The van der Waals surface area contributed by atoms with Crippen LogP contribution < -0.4 is 0 Å². The SMILES string of the molecule is Fc1ccc(C(F)(F)F)nc1C(F)(F)F. The van der Waals surface area contributed by atoms with Crippen molar-refractivity contribution < 1.29 is 30.7 Å². The lowest BCUT2D eigenvalue weighted by Crippen LogP contribution is -2.16. The predicted octanol–water partition coefficient (Wildman–Crippen LogP) is 3.26. The minimum absolute atomic E-state index is 0.0820. The number of aromatic nitrogens is 1. The van der Waals surface area contributed by atoms with Crippen LogP contribution in [0.4, 0.5) is 30.7 Å². The Morgan fingerprint density at radius 2 is 1.40 bits per heavy atom. The molecule has 0 amide bonds. The van der Waals surface area contributed by atoms with Crippen LogP contribution in [0.25, 0.3) is 0 Å². The van der Waals surface area contributed by atoms with Gasteiger partial charge in [-0.2, -0.15) is 26.3 Å². The number of halogens is 7. The first-order valence-electron chi connectivity index (χ1n) is 3.43. The molecule has 0 saturated carbocycles. The molecule has 0 aliphatic heterocycles. The molecule has 1 aromatic rings. The molecule has 0 fully saturated rings. The van der Waals surface area contributed by atoms with E-state index in [4.69, 9.17) is 0 Å². The molecule has 15 heavy (non-hydrogen) atoms. The van der Waals surface area contributed by atoms with Gasteiger partial charge in [0.1, 0.15) is 5.69 Å². The zero-order chi connectivity index (χ0) is 11.9. The van der Waals surface area contributed by atoms with Gasteiger partial charge in [0.15, 0.2) is 11.5 Å². The van der Waals surface area contributed by atoms with Crippen molar-refractivity contribution in [1.29, 1.82) is 0 Å². The molecule has 0 saturated heterocycles. The number of hydrogen-bond acceptors (Lipinski definition) is 1. The molecule has 0 aliphatic carbocycles. The summed E-state index contributed by atoms with van der Waals surface area (Å²) >= 11 is 0. The number of alkyl halides is 6. The van der Waals surface area contributed by atoms with Gasteiger partial charge in [0, 0.05) is 0 Å². The Kier molecular flexibility index (Phi) is 2.62. The third kappa shape index (κ3) is 2.57. The highest BCUT2D eigenvalue weighted by Crippen LogP contribution is 2.33. The monoisotopic (exact) mass is 233 g/mol. The van der Waals surface area contributed by atoms with Crippen LogP contribution in [-0.2, 0) is 12.4 Å². The van der Waals surface area contributed by atoms with Crippen LogP contribution in [0.5, 0.6) is 0 Å². The summed E-state index contributed by atoms with van der Waals surface area (Å²) < 4.78 is 84.2. The van der Waals surface area contributed by atoms with E-state index in [9.17, 15) is 30.7 Å². The van der Waals surface area contributed by atoms with Crippen LogP contribution in [0.3, 0.4) is 0 Å². The molecular weight excluding hydrogens is 231 g/mol. The summed E-state index contributed by atoms with van der Waals surface area (Å²) in [5.41, 5.74) is -3.95. The second-order valence-corrected chi connectivity index (χ2v) is 2.52. The van der Waals surface area contributed by atoms with Crippen molar-refractivity contribution in [2.45, 2.75) is 12.4 Å². The number of rotatable bonds is 0. The van der Waals surface area contributed by atoms with Crippen LogP contribution in [0.2, 0.25) is 0 Å². The molecule has 0 spiro atoms. The van der Waals surface area contributed by atoms with E-state index in [1.165, 1.54) is 0 Å². The van der Waals surface area contributed by atoms with E-state index in [-0.39, 0.29) is 12.1 Å². The first kappa shape index (κ1) is 11.7. The van der Waals surface area contributed by atoms with Gasteiger partial charge in [0.05, 0.1) is 0 Å². The van der Waals surface area contributed by atoms with E-state index in [1.54, 1.807) is 0 Å². The number of hydrogen-bond donors (Lipinski definition) is 0. The minimum atomic E-state index is -5.24. The zero-order valence-electron chi connectivity index (χ0n) is 6.75. The molecular formula is C7H2F7N. The lowest BCUT2D eigenvalue weighted by molar-refractivity contribution is -0.151. The van der Waals surface area contributed by atoms with Crippen molar-refractivity contribution in [3.8, 4) is 0 Å². The standard InChI is InChI=1S/C7H2F7N/c8-3-1-2-4(6(9,10)11)15-5(3)7(12,13)14/h1-2H. The van der Waals surface area contributed by atoms with Crippen LogP contribution in [-0.4, -0.2) is 4.98 Å². The number of nitrogens with zero attached hydrogens (tertiary/aromatic N) is 1. The molecule has 1 heterocycles. The maximum absolute atomic E-state index is 12.5. The van der Waals surface area contributed by atoms with Crippen molar-refractivity contribution in [3.63, 3.8) is 0 Å². The number of pyridine rings is 1. The van der Waals surface area contributed by atoms with E-state index < -0.39 is 29.6 Å². The Morgan fingerprint density at radius 3 is 1.80 bits per heavy atom. The maximum Gasteiger partial charge on any atom is 0.436 e. The van der Waals surface area contributed by atoms with E-state index in [0.717, 1.165) is 0 Å². The molecule has 1 aromatic heterocycles. The van der Waals surface area contributed by atoms with Gasteiger partial charge in [-0.1, -0.05) is 0 Å². The highest BCUT2D eigenvalue weighted by atomic mass is 19.4. The smallest absolute Gasteiger partial charge is 0.236 e. The average Bonchev–Trinajstić information content (AvgIpc) is 2.00. The summed E-state index contributed by atoms with van der Waals surface area (Å²) in [5.74, 6) is -1.84. The molecule has 1 rings (SSSR count). The molecule has 0 unspecified atom stereocenters. The summed E-state index contributed by atoms with van der Waals surface area (Å²) in [6, 6.07) is 0.225. The highest BCUT2D eigenvalue weighted by molar-refractivity contribution is 5.17. The summed E-state index contributed by atoms with van der Waals surface area (Å²) in [7, 11) is 0. The van der Waals surface area contributed by atoms with E-state index >= 15 is 0 Å². The van der Waals surface area contributed by atoms with Gasteiger partial charge >= 0.3 is 12.4 Å². The van der Waals surface area contributed by atoms with Crippen molar-refractivity contribution in [2.24, 2.45) is 0 Å². The Labute approximate surface area is 78.5 Å². The second kappa shape index (κ2) is 3.35. The Bertz CT molecular complexity index is 365. The summed E-state index contributed by atoms with van der Waals surface area (Å²) in [6.45, 7) is 0. The topological polar surface area (TPSA) is 12.9 Å². The first-order valence-corrected chi connectivity index (χ1v) is 3.43. The van der Waals surface area contributed by atoms with E-state index in [2.05, 4.69) is 4.98 Å². The van der Waals surface area contributed by atoms with Crippen LogP contribution >= 0.6 is 0 Å². The highest BCUT2D eigenvalue weighted by Gasteiger charge is 2.40. The largest absolute Gasteiger partial charge is 0.436 e. The molecule has 0 aliphatic rings. The fraction of sp³-hybridized carbons (Fsp3) is 0.286. The summed E-state index contributed by atoms with van der Waals surface area (Å²) in [6.07, 6.45) is -10.3. The van der Waals surface area contributed by atoms with Gasteiger partial charge < -0.3 is 0 Å². The van der Waals surface area contributed by atoms with Gasteiger partial charge in [-0.3, -0.25) is 0 Å². The Balaban J connectivity index is 3.30.